The van der Waals surface area contributed by atoms with Crippen molar-refractivity contribution in [3.8, 4) is 0 Å². The smallest absolute Gasteiger partial charge is 0.339 e. The SMILES string of the molecule is CCC(OC(=O)C=CC(=O)OC)[Si]1(O[Si](C)(C)C)CCC(C)(C)O[Si]1(C)O[Si](C)(C)C. The molecule has 31 heavy (non-hydrogen) atoms. The minimum atomic E-state index is -2.88. The van der Waals surface area contributed by atoms with E-state index < -0.39 is 50.2 Å². The minimum Gasteiger partial charge on any atom is -0.466 e. The highest BCUT2D eigenvalue weighted by Crippen LogP contribution is 2.45. The molecule has 3 atom stereocenters. The largest absolute Gasteiger partial charge is 0.466 e. The van der Waals surface area contributed by atoms with Crippen LogP contribution >= 0.6 is 0 Å². The van der Waals surface area contributed by atoms with Gasteiger partial charge >= 0.3 is 20.0 Å². The van der Waals surface area contributed by atoms with Crippen molar-refractivity contribution in [2.75, 3.05) is 7.11 Å². The first kappa shape index (κ1) is 28.5. The average Bonchev–Trinajstić information content (AvgIpc) is 2.57. The van der Waals surface area contributed by atoms with E-state index in [0.717, 1.165) is 24.6 Å². The molecule has 11 heteroatoms. The standard InChI is InChI=1S/C20H42O7Si4/c1-12-19(24-18(22)14-13-17(21)23-4)31(27-29(8,9)10)16-15-20(2,3)25-30(31,11)26-28(5,6)7/h13-14,19H,12,15-16H2,1-11H3. The van der Waals surface area contributed by atoms with Gasteiger partial charge in [-0.05, 0) is 78.6 Å². The number of carbonyl (C=O) groups is 2. The molecule has 180 valence electrons. The van der Waals surface area contributed by atoms with Gasteiger partial charge in [-0.3, -0.25) is 0 Å². The van der Waals surface area contributed by atoms with Gasteiger partial charge in [0.15, 0.2) is 16.6 Å². The Labute approximate surface area is 192 Å². The third-order valence-electron chi connectivity index (χ3n) is 5.03. The maximum absolute atomic E-state index is 12.6. The average molecular weight is 507 g/mol. The molecular weight excluding hydrogens is 465 g/mol. The lowest BCUT2D eigenvalue weighted by molar-refractivity contribution is -0.141. The Morgan fingerprint density at radius 1 is 1.03 bits per heavy atom. The van der Waals surface area contributed by atoms with Crippen molar-refractivity contribution in [1.82, 2.24) is 0 Å². The van der Waals surface area contributed by atoms with Crippen LogP contribution in [0, 0.1) is 0 Å². The summed E-state index contributed by atoms with van der Waals surface area (Å²) in [6.45, 7) is 21.3. The lowest BCUT2D eigenvalue weighted by atomic mass is 10.1. The molecule has 1 heterocycles. The van der Waals surface area contributed by atoms with Crippen LogP contribution in [0.15, 0.2) is 12.2 Å². The summed E-state index contributed by atoms with van der Waals surface area (Å²) in [5, 5.41) is 0. The summed E-state index contributed by atoms with van der Waals surface area (Å²) in [5.41, 5.74) is -0.731. The van der Waals surface area contributed by atoms with Crippen molar-refractivity contribution in [2.45, 2.75) is 96.8 Å². The summed E-state index contributed by atoms with van der Waals surface area (Å²) in [7, 11) is -8.46. The van der Waals surface area contributed by atoms with E-state index in [1.807, 2.05) is 6.92 Å². The van der Waals surface area contributed by atoms with E-state index in [0.29, 0.717) is 6.42 Å². The zero-order valence-corrected chi connectivity index (χ0v) is 25.2. The second kappa shape index (κ2) is 10.1. The molecule has 7 nitrogen and oxygen atoms in total. The van der Waals surface area contributed by atoms with E-state index in [1.165, 1.54) is 7.11 Å². The molecule has 1 rings (SSSR count). The van der Waals surface area contributed by atoms with Crippen LogP contribution in [0.3, 0.4) is 0 Å². The number of esters is 2. The second-order valence-electron chi connectivity index (χ2n) is 10.8. The molecule has 0 saturated carbocycles. The first-order chi connectivity index (χ1) is 13.9. The van der Waals surface area contributed by atoms with Crippen LogP contribution in [-0.2, 0) is 31.7 Å². The maximum Gasteiger partial charge on any atom is 0.339 e. The second-order valence-corrected chi connectivity index (χ2v) is 31.2. The number of rotatable bonds is 9. The highest BCUT2D eigenvalue weighted by atomic mass is 29.3. The summed E-state index contributed by atoms with van der Waals surface area (Å²) in [6.07, 6.45) is 3.64. The normalized spacial score (nSPS) is 27.7. The fourth-order valence-corrected chi connectivity index (χ4v) is 34.7. The topological polar surface area (TPSA) is 80.3 Å². The summed E-state index contributed by atoms with van der Waals surface area (Å²) in [4.78, 5) is 24.0. The van der Waals surface area contributed by atoms with Gasteiger partial charge in [-0.1, -0.05) is 6.92 Å². The molecule has 1 fully saturated rings. The predicted octanol–water partition coefficient (Wildman–Crippen LogP) is 4.57. The zero-order chi connectivity index (χ0) is 24.3. The molecule has 1 aliphatic heterocycles. The van der Waals surface area contributed by atoms with E-state index in [4.69, 9.17) is 17.4 Å². The van der Waals surface area contributed by atoms with Gasteiger partial charge in [0.2, 0.25) is 0 Å². The molecule has 0 aromatic heterocycles. The molecule has 1 aliphatic rings. The quantitative estimate of drug-likeness (QED) is 0.257. The monoisotopic (exact) mass is 506 g/mol. The number of hydrogen-bond acceptors (Lipinski definition) is 7. The molecule has 1 saturated heterocycles. The van der Waals surface area contributed by atoms with Gasteiger partial charge in [-0.15, -0.1) is 0 Å². The van der Waals surface area contributed by atoms with E-state index in [-0.39, 0.29) is 5.60 Å². The molecule has 0 aromatic rings. The van der Waals surface area contributed by atoms with Gasteiger partial charge in [0, 0.05) is 12.2 Å². The highest BCUT2D eigenvalue weighted by molar-refractivity contribution is 7.37. The van der Waals surface area contributed by atoms with Gasteiger partial charge in [-0.2, -0.15) is 0 Å². The molecule has 0 aliphatic carbocycles. The van der Waals surface area contributed by atoms with Crippen molar-refractivity contribution >= 4 is 44.5 Å². The zero-order valence-electron chi connectivity index (χ0n) is 21.2. The number of hydrogen-bond donors (Lipinski definition) is 0. The van der Waals surface area contributed by atoms with Crippen molar-refractivity contribution < 1.29 is 31.7 Å². The molecule has 0 radical (unpaired) electrons. The molecule has 0 amide bonds. The van der Waals surface area contributed by atoms with Crippen LogP contribution in [0.5, 0.6) is 0 Å². The third kappa shape index (κ3) is 8.05. The fourth-order valence-electron chi connectivity index (χ4n) is 4.17. The first-order valence-electron chi connectivity index (χ1n) is 11.0. The van der Waals surface area contributed by atoms with Crippen LogP contribution in [-0.4, -0.2) is 62.9 Å². The highest BCUT2D eigenvalue weighted by Gasteiger charge is 2.69. The molecule has 0 aromatic carbocycles. The van der Waals surface area contributed by atoms with Crippen LogP contribution in [0.2, 0.25) is 51.9 Å². The number of ether oxygens (including phenoxy) is 2. The van der Waals surface area contributed by atoms with Crippen molar-refractivity contribution in [3.05, 3.63) is 12.2 Å². The summed E-state index contributed by atoms with van der Waals surface area (Å²) in [6, 6.07) is 0.823. The van der Waals surface area contributed by atoms with Crippen molar-refractivity contribution in [3.63, 3.8) is 0 Å². The molecule has 3 unspecified atom stereocenters. The van der Waals surface area contributed by atoms with Gasteiger partial charge < -0.3 is 22.1 Å². The van der Waals surface area contributed by atoms with Crippen LogP contribution in [0.25, 0.3) is 0 Å². The Kier molecular flexibility index (Phi) is 9.31. The summed E-state index contributed by atoms with van der Waals surface area (Å²) >= 11 is 0. The van der Waals surface area contributed by atoms with Crippen LogP contribution < -0.4 is 0 Å². The fraction of sp³-hybridized carbons (Fsp3) is 0.800. The van der Waals surface area contributed by atoms with E-state index in [1.54, 1.807) is 0 Å². The van der Waals surface area contributed by atoms with E-state index in [9.17, 15) is 9.59 Å². The molecule has 0 N–H and O–H groups in total. The lowest BCUT2D eigenvalue weighted by Gasteiger charge is -2.57. The molecule has 0 bridgehead atoms. The molecular formula is C20H42O7Si4. The van der Waals surface area contributed by atoms with E-state index in [2.05, 4.69) is 64.4 Å². The Morgan fingerprint density at radius 2 is 1.55 bits per heavy atom. The predicted molar refractivity (Wildman–Crippen MR) is 132 cm³/mol. The Hall–Kier alpha value is -0.572. The van der Waals surface area contributed by atoms with Gasteiger partial charge in [0.25, 0.3) is 7.83 Å². The number of carbonyl (C=O) groups excluding carboxylic acids is 2. The first-order valence-corrected chi connectivity index (χ1v) is 23.3. The molecule has 0 spiro atoms. The van der Waals surface area contributed by atoms with Crippen molar-refractivity contribution in [1.29, 1.82) is 0 Å². The minimum absolute atomic E-state index is 0.312. The van der Waals surface area contributed by atoms with Gasteiger partial charge in [0.05, 0.1) is 12.7 Å². The lowest BCUT2D eigenvalue weighted by Crippen LogP contribution is -2.80. The van der Waals surface area contributed by atoms with Gasteiger partial charge in [0.1, 0.15) is 5.73 Å². The maximum atomic E-state index is 12.6. The van der Waals surface area contributed by atoms with E-state index >= 15 is 0 Å². The third-order valence-corrected chi connectivity index (χ3v) is 26.5. The summed E-state index contributed by atoms with van der Waals surface area (Å²) < 4.78 is 31.3. The Bertz CT molecular complexity index is 680. The van der Waals surface area contributed by atoms with Crippen molar-refractivity contribution in [2.24, 2.45) is 0 Å². The Morgan fingerprint density at radius 3 is 2.00 bits per heavy atom. The number of methoxy groups -OCH3 is 1. The van der Waals surface area contributed by atoms with Crippen LogP contribution in [0.1, 0.15) is 33.6 Å². The Balaban J connectivity index is 3.50. The summed E-state index contributed by atoms with van der Waals surface area (Å²) in [5.74, 6) is -1.17. The van der Waals surface area contributed by atoms with Crippen LogP contribution in [0.4, 0.5) is 0 Å². The van der Waals surface area contributed by atoms with Gasteiger partial charge in [-0.25, -0.2) is 9.59 Å².